The number of likely N-dealkylation sites (N-methyl/N-ethyl adjacent to an activating group) is 1. The highest BCUT2D eigenvalue weighted by Crippen LogP contribution is 2.35. The monoisotopic (exact) mass is 436 g/mol. The Balaban J connectivity index is 1.88. The number of nitrogens with zero attached hydrogens (tertiary/aromatic N) is 4. The SMILES string of the molecule is CCN1CCN(C(=O)[C@@H]2Cc3cc(S(=O)(=O)N(CC)CC)ccc3N2C(C)=O)CC1. The lowest BCUT2D eigenvalue weighted by atomic mass is 10.1. The Morgan fingerprint density at radius 2 is 1.70 bits per heavy atom. The molecule has 0 N–H and O–H groups in total. The number of anilines is 1. The van der Waals surface area contributed by atoms with E-state index < -0.39 is 16.1 Å². The van der Waals surface area contributed by atoms with Crippen molar-refractivity contribution in [2.24, 2.45) is 0 Å². The Hall–Kier alpha value is -1.97. The van der Waals surface area contributed by atoms with Crippen LogP contribution < -0.4 is 4.90 Å². The molecule has 8 nitrogen and oxygen atoms in total. The largest absolute Gasteiger partial charge is 0.338 e. The molecule has 166 valence electrons. The summed E-state index contributed by atoms with van der Waals surface area (Å²) in [6, 6.07) is 4.21. The van der Waals surface area contributed by atoms with Gasteiger partial charge in [-0.3, -0.25) is 14.5 Å². The molecule has 1 aromatic carbocycles. The number of fused-ring (bicyclic) bond motifs is 1. The molecule has 0 aromatic heterocycles. The van der Waals surface area contributed by atoms with Gasteiger partial charge >= 0.3 is 0 Å². The van der Waals surface area contributed by atoms with Crippen LogP contribution in [0.5, 0.6) is 0 Å². The summed E-state index contributed by atoms with van der Waals surface area (Å²) >= 11 is 0. The Bertz CT molecular complexity index is 906. The van der Waals surface area contributed by atoms with Crippen LogP contribution in [0.1, 0.15) is 33.3 Å². The average molecular weight is 437 g/mol. The van der Waals surface area contributed by atoms with Crippen LogP contribution in [-0.2, 0) is 26.0 Å². The first-order chi connectivity index (χ1) is 14.2. The van der Waals surface area contributed by atoms with Crippen molar-refractivity contribution < 1.29 is 18.0 Å². The van der Waals surface area contributed by atoms with Crippen LogP contribution in [0.15, 0.2) is 23.1 Å². The lowest BCUT2D eigenvalue weighted by molar-refractivity contribution is -0.135. The minimum atomic E-state index is -3.60. The summed E-state index contributed by atoms with van der Waals surface area (Å²) in [4.78, 5) is 31.5. The van der Waals surface area contributed by atoms with E-state index in [-0.39, 0.29) is 16.7 Å². The van der Waals surface area contributed by atoms with E-state index in [4.69, 9.17) is 0 Å². The molecule has 1 atom stereocenters. The summed E-state index contributed by atoms with van der Waals surface area (Å²) in [7, 11) is -3.60. The molecule has 0 aliphatic carbocycles. The Labute approximate surface area is 179 Å². The number of piperazine rings is 1. The van der Waals surface area contributed by atoms with Crippen LogP contribution in [0.25, 0.3) is 0 Å². The number of carbonyl (C=O) groups is 2. The highest BCUT2D eigenvalue weighted by Gasteiger charge is 2.40. The molecule has 9 heteroatoms. The van der Waals surface area contributed by atoms with E-state index in [0.717, 1.165) is 25.2 Å². The molecule has 3 rings (SSSR count). The Morgan fingerprint density at radius 3 is 2.23 bits per heavy atom. The fourth-order valence-electron chi connectivity index (χ4n) is 4.38. The highest BCUT2D eigenvalue weighted by atomic mass is 32.2. The van der Waals surface area contributed by atoms with Gasteiger partial charge < -0.3 is 9.80 Å². The van der Waals surface area contributed by atoms with Crippen LogP contribution in [-0.4, -0.2) is 86.2 Å². The summed E-state index contributed by atoms with van der Waals surface area (Å²) in [6.07, 6.45) is 0.337. The number of sulfonamides is 1. The topological polar surface area (TPSA) is 81.2 Å². The number of carbonyl (C=O) groups excluding carboxylic acids is 2. The van der Waals surface area contributed by atoms with Crippen molar-refractivity contribution in [2.75, 3.05) is 50.7 Å². The van der Waals surface area contributed by atoms with Crippen LogP contribution in [0.3, 0.4) is 0 Å². The summed E-state index contributed by atoms with van der Waals surface area (Å²) in [5, 5.41) is 0. The van der Waals surface area contributed by atoms with Crippen molar-refractivity contribution in [1.82, 2.24) is 14.1 Å². The number of rotatable bonds is 6. The zero-order valence-electron chi connectivity index (χ0n) is 18.3. The predicted molar refractivity (Wildman–Crippen MR) is 116 cm³/mol. The van der Waals surface area contributed by atoms with Gasteiger partial charge in [-0.2, -0.15) is 4.31 Å². The average Bonchev–Trinajstić information content (AvgIpc) is 3.13. The van der Waals surface area contributed by atoms with Gasteiger partial charge in [-0.1, -0.05) is 20.8 Å². The summed E-state index contributed by atoms with van der Waals surface area (Å²) in [5.41, 5.74) is 1.36. The molecule has 2 amide bonds. The van der Waals surface area contributed by atoms with Crippen molar-refractivity contribution >= 4 is 27.5 Å². The second-order valence-corrected chi connectivity index (χ2v) is 9.69. The van der Waals surface area contributed by atoms with Crippen molar-refractivity contribution in [3.63, 3.8) is 0 Å². The zero-order chi connectivity index (χ0) is 22.1. The van der Waals surface area contributed by atoms with Gasteiger partial charge in [-0.15, -0.1) is 0 Å². The molecular weight excluding hydrogens is 404 g/mol. The predicted octanol–water partition coefficient (Wildman–Crippen LogP) is 1.16. The normalized spacial score (nSPS) is 20.0. The van der Waals surface area contributed by atoms with E-state index in [1.54, 1.807) is 26.0 Å². The van der Waals surface area contributed by atoms with Crippen molar-refractivity contribution in [2.45, 2.75) is 45.1 Å². The molecule has 30 heavy (non-hydrogen) atoms. The van der Waals surface area contributed by atoms with Gasteiger partial charge in [0, 0.05) is 58.3 Å². The summed E-state index contributed by atoms with van der Waals surface area (Å²) in [6.45, 7) is 11.8. The third-order valence-electron chi connectivity index (χ3n) is 6.13. The van der Waals surface area contributed by atoms with E-state index in [2.05, 4.69) is 11.8 Å². The molecule has 2 aliphatic heterocycles. The smallest absolute Gasteiger partial charge is 0.246 e. The zero-order valence-corrected chi connectivity index (χ0v) is 19.1. The second kappa shape index (κ2) is 9.03. The van der Waals surface area contributed by atoms with Gasteiger partial charge in [-0.25, -0.2) is 8.42 Å². The van der Waals surface area contributed by atoms with Gasteiger partial charge in [0.25, 0.3) is 0 Å². The van der Waals surface area contributed by atoms with Crippen LogP contribution in [0, 0.1) is 0 Å². The molecule has 2 heterocycles. The maximum Gasteiger partial charge on any atom is 0.246 e. The number of hydrogen-bond donors (Lipinski definition) is 0. The number of benzene rings is 1. The van der Waals surface area contributed by atoms with E-state index in [1.165, 1.54) is 22.2 Å². The quantitative estimate of drug-likeness (QED) is 0.669. The van der Waals surface area contributed by atoms with E-state index in [9.17, 15) is 18.0 Å². The fourth-order valence-corrected chi connectivity index (χ4v) is 5.89. The fraction of sp³-hybridized carbons (Fsp3) is 0.619. The first-order valence-corrected chi connectivity index (χ1v) is 12.1. The molecule has 0 radical (unpaired) electrons. The molecule has 1 saturated heterocycles. The maximum absolute atomic E-state index is 13.2. The third-order valence-corrected chi connectivity index (χ3v) is 8.18. The highest BCUT2D eigenvalue weighted by molar-refractivity contribution is 7.89. The Kier molecular flexibility index (Phi) is 6.84. The van der Waals surface area contributed by atoms with Crippen molar-refractivity contribution in [1.29, 1.82) is 0 Å². The standard InChI is InChI=1S/C21H32N4O4S/c1-5-22-10-12-23(13-11-22)21(27)20-15-17-14-18(30(28,29)24(6-2)7-3)8-9-19(17)25(20)16(4)26/h8-9,14,20H,5-7,10-13,15H2,1-4H3/t20-/m0/s1. The molecular formula is C21H32N4O4S. The van der Waals surface area contributed by atoms with Crippen LogP contribution in [0.4, 0.5) is 5.69 Å². The number of hydrogen-bond acceptors (Lipinski definition) is 5. The minimum absolute atomic E-state index is 0.0645. The second-order valence-electron chi connectivity index (χ2n) is 7.75. The molecule has 1 aromatic rings. The van der Waals surface area contributed by atoms with E-state index in [1.807, 2.05) is 4.90 Å². The molecule has 0 spiro atoms. The maximum atomic E-state index is 13.2. The van der Waals surface area contributed by atoms with E-state index >= 15 is 0 Å². The molecule has 0 saturated carbocycles. The van der Waals surface area contributed by atoms with E-state index in [0.29, 0.717) is 38.3 Å². The summed E-state index contributed by atoms with van der Waals surface area (Å²) < 4.78 is 27.2. The van der Waals surface area contributed by atoms with Gasteiger partial charge in [0.1, 0.15) is 6.04 Å². The Morgan fingerprint density at radius 1 is 1.07 bits per heavy atom. The van der Waals surface area contributed by atoms with Crippen molar-refractivity contribution in [3.05, 3.63) is 23.8 Å². The lowest BCUT2D eigenvalue weighted by Gasteiger charge is -2.36. The molecule has 0 bridgehead atoms. The van der Waals surface area contributed by atoms with Gasteiger partial charge in [0.15, 0.2) is 0 Å². The van der Waals surface area contributed by atoms with Crippen LogP contribution >= 0.6 is 0 Å². The lowest BCUT2D eigenvalue weighted by Crippen LogP contribution is -2.55. The molecule has 1 fully saturated rings. The summed E-state index contributed by atoms with van der Waals surface area (Å²) in [5.74, 6) is -0.274. The van der Waals surface area contributed by atoms with Gasteiger partial charge in [0.05, 0.1) is 4.90 Å². The minimum Gasteiger partial charge on any atom is -0.338 e. The van der Waals surface area contributed by atoms with Crippen LogP contribution in [0.2, 0.25) is 0 Å². The number of amides is 2. The molecule has 0 unspecified atom stereocenters. The van der Waals surface area contributed by atoms with Gasteiger partial charge in [-0.05, 0) is 30.3 Å². The third kappa shape index (κ3) is 4.10. The van der Waals surface area contributed by atoms with Gasteiger partial charge in [0.2, 0.25) is 21.8 Å². The first-order valence-electron chi connectivity index (χ1n) is 10.7. The van der Waals surface area contributed by atoms with Crippen molar-refractivity contribution in [3.8, 4) is 0 Å². The first kappa shape index (κ1) is 22.7. The molecule has 2 aliphatic rings.